The number of carbonyl (C=O) groups is 1. The molecule has 2 aromatic rings. The molecule has 0 N–H and O–H groups in total. The van der Waals surface area contributed by atoms with E-state index in [2.05, 4.69) is 4.37 Å². The average Bonchev–Trinajstić information content (AvgIpc) is 2.70. The molecule has 0 saturated heterocycles. The summed E-state index contributed by atoms with van der Waals surface area (Å²) in [4.78, 5) is 12.6. The maximum Gasteiger partial charge on any atom is 0.204 e. The van der Waals surface area contributed by atoms with Crippen LogP contribution >= 0.6 is 11.5 Å². The first kappa shape index (κ1) is 9.09. The molecule has 0 aliphatic heterocycles. The third-order valence-corrected chi connectivity index (χ3v) is 2.80. The Kier molecular flexibility index (Phi) is 2.41. The van der Waals surface area contributed by atoms with Gasteiger partial charge in [-0.15, -0.1) is 0 Å². The van der Waals surface area contributed by atoms with Gasteiger partial charge < -0.3 is 0 Å². The van der Waals surface area contributed by atoms with Crippen molar-refractivity contribution in [2.24, 2.45) is 0 Å². The lowest BCUT2D eigenvalue weighted by molar-refractivity contribution is 0.104. The van der Waals surface area contributed by atoms with E-state index < -0.39 is 0 Å². The first-order valence-corrected chi connectivity index (χ1v) is 5.07. The molecule has 2 rings (SSSR count). The van der Waals surface area contributed by atoms with Crippen molar-refractivity contribution in [3.63, 3.8) is 0 Å². The standard InChI is InChI=1S/C11H9NOS/c1-8-4-2-3-5-9(8)11(13)10-6-7-12-14-10/h2-7H,1H3. The highest BCUT2D eigenvalue weighted by atomic mass is 32.1. The molecule has 1 aromatic heterocycles. The Labute approximate surface area is 86.4 Å². The second kappa shape index (κ2) is 3.72. The van der Waals surface area contributed by atoms with Crippen LogP contribution in [0.15, 0.2) is 36.5 Å². The lowest BCUT2D eigenvalue weighted by Gasteiger charge is -2.00. The normalized spacial score (nSPS) is 10.1. The minimum atomic E-state index is 0.0607. The molecule has 1 aromatic carbocycles. The van der Waals surface area contributed by atoms with E-state index >= 15 is 0 Å². The third-order valence-electron chi connectivity index (χ3n) is 2.05. The van der Waals surface area contributed by atoms with E-state index in [1.54, 1.807) is 12.3 Å². The van der Waals surface area contributed by atoms with Gasteiger partial charge in [0.15, 0.2) is 0 Å². The number of nitrogens with zero attached hydrogens (tertiary/aromatic N) is 1. The molecule has 1 heterocycles. The molecule has 0 atom stereocenters. The summed E-state index contributed by atoms with van der Waals surface area (Å²) in [6, 6.07) is 9.34. The van der Waals surface area contributed by atoms with Gasteiger partial charge in [0.1, 0.15) is 0 Å². The Hall–Kier alpha value is -1.48. The third kappa shape index (κ3) is 1.59. The van der Waals surface area contributed by atoms with Crippen molar-refractivity contribution in [3.8, 4) is 0 Å². The molecule has 2 nitrogen and oxygen atoms in total. The second-order valence-corrected chi connectivity index (χ2v) is 3.85. The summed E-state index contributed by atoms with van der Waals surface area (Å²) in [5, 5.41) is 0. The Bertz CT molecular complexity index is 448. The lowest BCUT2D eigenvalue weighted by atomic mass is 10.0. The summed E-state index contributed by atoms with van der Waals surface area (Å²) in [5.74, 6) is 0.0607. The molecule has 0 saturated carbocycles. The number of aromatic nitrogens is 1. The van der Waals surface area contributed by atoms with Crippen molar-refractivity contribution in [1.29, 1.82) is 0 Å². The summed E-state index contributed by atoms with van der Waals surface area (Å²) >= 11 is 1.24. The van der Waals surface area contributed by atoms with Crippen LogP contribution in [-0.2, 0) is 0 Å². The van der Waals surface area contributed by atoms with Gasteiger partial charge in [0.25, 0.3) is 0 Å². The van der Waals surface area contributed by atoms with Crippen LogP contribution in [0, 0.1) is 6.92 Å². The van der Waals surface area contributed by atoms with Gasteiger partial charge in [0.05, 0.1) is 4.88 Å². The van der Waals surface area contributed by atoms with Gasteiger partial charge in [0, 0.05) is 11.8 Å². The zero-order valence-corrected chi connectivity index (χ0v) is 8.54. The van der Waals surface area contributed by atoms with Crippen molar-refractivity contribution < 1.29 is 4.79 Å². The molecule has 0 amide bonds. The largest absolute Gasteiger partial charge is 0.288 e. The summed E-state index contributed by atoms with van der Waals surface area (Å²) in [5.41, 5.74) is 1.77. The first-order valence-electron chi connectivity index (χ1n) is 4.30. The van der Waals surface area contributed by atoms with Crippen molar-refractivity contribution in [1.82, 2.24) is 4.37 Å². The van der Waals surface area contributed by atoms with Crippen molar-refractivity contribution >= 4 is 17.3 Å². The average molecular weight is 203 g/mol. The molecule has 3 heteroatoms. The highest BCUT2D eigenvalue weighted by Gasteiger charge is 2.11. The van der Waals surface area contributed by atoms with Gasteiger partial charge in [-0.1, -0.05) is 24.3 Å². The first-order chi connectivity index (χ1) is 6.79. The number of benzene rings is 1. The summed E-state index contributed by atoms with van der Waals surface area (Å²) < 4.78 is 3.92. The Balaban J connectivity index is 2.42. The predicted octanol–water partition coefficient (Wildman–Crippen LogP) is 2.68. The molecule has 0 aliphatic rings. The summed E-state index contributed by atoms with van der Waals surface area (Å²) in [6.07, 6.45) is 1.65. The monoisotopic (exact) mass is 203 g/mol. The van der Waals surface area contributed by atoms with Crippen LogP contribution in [0.4, 0.5) is 0 Å². The molecule has 0 radical (unpaired) electrons. The van der Waals surface area contributed by atoms with Crippen molar-refractivity contribution in [2.45, 2.75) is 6.92 Å². The van der Waals surface area contributed by atoms with Crippen molar-refractivity contribution in [3.05, 3.63) is 52.5 Å². The van der Waals surface area contributed by atoms with Gasteiger partial charge in [-0.05, 0) is 30.1 Å². The topological polar surface area (TPSA) is 30.0 Å². The summed E-state index contributed by atoms with van der Waals surface area (Å²) in [7, 11) is 0. The number of carbonyl (C=O) groups excluding carboxylic acids is 1. The molecular weight excluding hydrogens is 194 g/mol. The van der Waals surface area contributed by atoms with Crippen LogP contribution in [0.5, 0.6) is 0 Å². The SMILES string of the molecule is Cc1ccccc1C(=O)c1ccns1. The van der Waals surface area contributed by atoms with Crippen LogP contribution in [-0.4, -0.2) is 10.2 Å². The van der Waals surface area contributed by atoms with E-state index in [4.69, 9.17) is 0 Å². The van der Waals surface area contributed by atoms with Crippen LogP contribution in [0.2, 0.25) is 0 Å². The predicted molar refractivity (Wildman–Crippen MR) is 56.7 cm³/mol. The van der Waals surface area contributed by atoms with Gasteiger partial charge >= 0.3 is 0 Å². The maximum atomic E-state index is 11.9. The van der Waals surface area contributed by atoms with E-state index in [1.807, 2.05) is 31.2 Å². The molecule has 0 spiro atoms. The maximum absolute atomic E-state index is 11.9. The molecule has 0 aliphatic carbocycles. The number of rotatable bonds is 2. The van der Waals surface area contributed by atoms with E-state index in [-0.39, 0.29) is 5.78 Å². The molecule has 0 unspecified atom stereocenters. The minimum Gasteiger partial charge on any atom is -0.288 e. The van der Waals surface area contributed by atoms with Crippen LogP contribution in [0.1, 0.15) is 20.8 Å². The number of aryl methyl sites for hydroxylation is 1. The van der Waals surface area contributed by atoms with Gasteiger partial charge in [0.2, 0.25) is 5.78 Å². The van der Waals surface area contributed by atoms with Crippen LogP contribution in [0.3, 0.4) is 0 Å². The number of hydrogen-bond acceptors (Lipinski definition) is 3. The second-order valence-electron chi connectivity index (χ2n) is 3.02. The Morgan fingerprint density at radius 2 is 2.07 bits per heavy atom. The lowest BCUT2D eigenvalue weighted by Crippen LogP contribution is -2.00. The summed E-state index contributed by atoms with van der Waals surface area (Å²) in [6.45, 7) is 1.94. The number of hydrogen-bond donors (Lipinski definition) is 0. The van der Waals surface area contributed by atoms with Crippen molar-refractivity contribution in [2.75, 3.05) is 0 Å². The molecule has 0 bridgehead atoms. The fourth-order valence-electron chi connectivity index (χ4n) is 1.29. The zero-order chi connectivity index (χ0) is 9.97. The Morgan fingerprint density at radius 3 is 2.71 bits per heavy atom. The number of ketones is 1. The van der Waals surface area contributed by atoms with Crippen LogP contribution in [0.25, 0.3) is 0 Å². The fraction of sp³-hybridized carbons (Fsp3) is 0.0909. The molecular formula is C11H9NOS. The van der Waals surface area contributed by atoms with E-state index in [1.165, 1.54) is 11.5 Å². The Morgan fingerprint density at radius 1 is 1.29 bits per heavy atom. The molecule has 0 fully saturated rings. The fourth-order valence-corrected chi connectivity index (χ4v) is 1.84. The zero-order valence-electron chi connectivity index (χ0n) is 7.73. The smallest absolute Gasteiger partial charge is 0.204 e. The van der Waals surface area contributed by atoms with Crippen LogP contribution < -0.4 is 0 Å². The van der Waals surface area contributed by atoms with E-state index in [0.717, 1.165) is 11.1 Å². The highest BCUT2D eigenvalue weighted by Crippen LogP contribution is 2.15. The minimum absolute atomic E-state index is 0.0607. The van der Waals surface area contributed by atoms with E-state index in [9.17, 15) is 4.79 Å². The van der Waals surface area contributed by atoms with Gasteiger partial charge in [-0.2, -0.15) is 0 Å². The highest BCUT2D eigenvalue weighted by molar-refractivity contribution is 7.08. The van der Waals surface area contributed by atoms with E-state index in [0.29, 0.717) is 4.88 Å². The molecule has 14 heavy (non-hydrogen) atoms. The van der Waals surface area contributed by atoms with Gasteiger partial charge in [-0.3, -0.25) is 4.79 Å². The van der Waals surface area contributed by atoms with Gasteiger partial charge in [-0.25, -0.2) is 4.37 Å². The quantitative estimate of drug-likeness (QED) is 0.702. The molecule has 70 valence electrons.